The standard InChI is InChI=1S/C18H26N2O3.C2HF3O2/c1-14-10-15(23-3)4-5-16(14)17(21)20-12-18(13-20)6-7-19(11-18)8-9-22-2;3-2(4,5)1(6)7/h4-5,10H,6-9,11-13H2,1-3H3;(H,6,7). The smallest absolute Gasteiger partial charge is 0.490 e. The van der Waals surface area contributed by atoms with Gasteiger partial charge in [0.2, 0.25) is 0 Å². The highest BCUT2D eigenvalue weighted by Crippen LogP contribution is 2.40. The molecular formula is C20H27F3N2O5. The highest BCUT2D eigenvalue weighted by atomic mass is 19.4. The Bertz CT molecular complexity index is 763. The molecule has 2 heterocycles. The number of halogens is 3. The molecule has 7 nitrogen and oxygen atoms in total. The number of carboxylic acids is 1. The number of amides is 1. The van der Waals surface area contributed by atoms with Crippen LogP contribution in [0.4, 0.5) is 13.2 Å². The number of likely N-dealkylation sites (tertiary alicyclic amines) is 2. The topological polar surface area (TPSA) is 79.3 Å². The number of rotatable bonds is 5. The predicted octanol–water partition coefficient (Wildman–Crippen LogP) is 2.43. The van der Waals surface area contributed by atoms with Gasteiger partial charge in [0.25, 0.3) is 5.91 Å². The number of hydrogen-bond acceptors (Lipinski definition) is 5. The molecule has 2 aliphatic rings. The number of hydrogen-bond donors (Lipinski definition) is 1. The highest BCUT2D eigenvalue weighted by molar-refractivity contribution is 5.96. The van der Waals surface area contributed by atoms with Crippen LogP contribution in [0, 0.1) is 12.3 Å². The first kappa shape index (κ1) is 23.9. The third kappa shape index (κ3) is 5.85. The Morgan fingerprint density at radius 1 is 1.20 bits per heavy atom. The number of alkyl halides is 3. The lowest BCUT2D eigenvalue weighted by molar-refractivity contribution is -0.192. The summed E-state index contributed by atoms with van der Waals surface area (Å²) >= 11 is 0. The summed E-state index contributed by atoms with van der Waals surface area (Å²) in [6.07, 6.45) is -3.90. The summed E-state index contributed by atoms with van der Waals surface area (Å²) in [5, 5.41) is 7.12. The van der Waals surface area contributed by atoms with Gasteiger partial charge in [-0.15, -0.1) is 0 Å². The van der Waals surface area contributed by atoms with Gasteiger partial charge in [-0.1, -0.05) is 0 Å². The fourth-order valence-electron chi connectivity index (χ4n) is 3.78. The lowest BCUT2D eigenvalue weighted by Crippen LogP contribution is -2.59. The lowest BCUT2D eigenvalue weighted by atomic mass is 9.78. The summed E-state index contributed by atoms with van der Waals surface area (Å²) in [5.74, 6) is -1.82. The summed E-state index contributed by atoms with van der Waals surface area (Å²) in [5.41, 5.74) is 2.07. The molecular weight excluding hydrogens is 405 g/mol. The quantitative estimate of drug-likeness (QED) is 0.770. The molecule has 0 radical (unpaired) electrons. The molecule has 168 valence electrons. The van der Waals surface area contributed by atoms with Crippen LogP contribution < -0.4 is 4.74 Å². The van der Waals surface area contributed by atoms with Gasteiger partial charge in [-0.25, -0.2) is 4.79 Å². The Balaban J connectivity index is 0.000000396. The minimum Gasteiger partial charge on any atom is -0.497 e. The molecule has 1 amide bonds. The first-order valence-electron chi connectivity index (χ1n) is 9.47. The maximum Gasteiger partial charge on any atom is 0.490 e. The number of carboxylic acid groups (broad SMARTS) is 1. The van der Waals surface area contributed by atoms with E-state index in [9.17, 15) is 18.0 Å². The number of carbonyl (C=O) groups is 2. The SMILES string of the molecule is COCCN1CCC2(C1)CN(C(=O)c1ccc(OC)cc1C)C2.O=C(O)C(F)(F)F. The van der Waals surface area contributed by atoms with E-state index in [0.29, 0.717) is 5.41 Å². The van der Waals surface area contributed by atoms with Gasteiger partial charge in [0.15, 0.2) is 0 Å². The van der Waals surface area contributed by atoms with Crippen LogP contribution in [0.3, 0.4) is 0 Å². The average molecular weight is 432 g/mol. The van der Waals surface area contributed by atoms with Crippen LogP contribution in [-0.4, -0.2) is 86.5 Å². The van der Waals surface area contributed by atoms with Crippen LogP contribution in [0.15, 0.2) is 18.2 Å². The number of aryl methyl sites for hydroxylation is 1. The molecule has 0 atom stereocenters. The van der Waals surface area contributed by atoms with Crippen LogP contribution in [-0.2, 0) is 9.53 Å². The zero-order valence-corrected chi connectivity index (χ0v) is 17.3. The van der Waals surface area contributed by atoms with E-state index >= 15 is 0 Å². The monoisotopic (exact) mass is 432 g/mol. The minimum absolute atomic E-state index is 0.145. The number of aliphatic carboxylic acids is 1. The van der Waals surface area contributed by atoms with Gasteiger partial charge < -0.3 is 24.4 Å². The van der Waals surface area contributed by atoms with Gasteiger partial charge in [-0.05, 0) is 43.7 Å². The number of benzene rings is 1. The van der Waals surface area contributed by atoms with Crippen molar-refractivity contribution in [1.29, 1.82) is 0 Å². The molecule has 0 saturated carbocycles. The zero-order valence-electron chi connectivity index (χ0n) is 17.3. The first-order valence-corrected chi connectivity index (χ1v) is 9.47. The van der Waals surface area contributed by atoms with Crippen LogP contribution in [0.5, 0.6) is 5.75 Å². The predicted molar refractivity (Wildman–Crippen MR) is 103 cm³/mol. The Kier molecular flexibility index (Phi) is 7.70. The summed E-state index contributed by atoms with van der Waals surface area (Å²) in [7, 11) is 3.39. The Morgan fingerprint density at radius 3 is 2.33 bits per heavy atom. The summed E-state index contributed by atoms with van der Waals surface area (Å²) in [4.78, 5) is 26.0. The lowest BCUT2D eigenvalue weighted by Gasteiger charge is -2.48. The molecule has 1 aromatic carbocycles. The van der Waals surface area contributed by atoms with Crippen molar-refractivity contribution in [2.75, 3.05) is 53.6 Å². The molecule has 30 heavy (non-hydrogen) atoms. The summed E-state index contributed by atoms with van der Waals surface area (Å²) in [6.45, 7) is 7.69. The van der Waals surface area contributed by atoms with Crippen molar-refractivity contribution >= 4 is 11.9 Å². The van der Waals surface area contributed by atoms with Crippen LogP contribution in [0.25, 0.3) is 0 Å². The summed E-state index contributed by atoms with van der Waals surface area (Å²) in [6, 6.07) is 5.66. The number of carbonyl (C=O) groups excluding carboxylic acids is 1. The Hall–Kier alpha value is -2.33. The van der Waals surface area contributed by atoms with Gasteiger partial charge in [0, 0.05) is 44.3 Å². The van der Waals surface area contributed by atoms with E-state index in [1.54, 1.807) is 14.2 Å². The van der Waals surface area contributed by atoms with E-state index < -0.39 is 12.1 Å². The Labute approximate surface area is 173 Å². The normalized spacial score (nSPS) is 17.9. The fourth-order valence-corrected chi connectivity index (χ4v) is 3.78. The molecule has 2 aliphatic heterocycles. The molecule has 1 N–H and O–H groups in total. The molecule has 1 aromatic rings. The average Bonchev–Trinajstić information content (AvgIpc) is 3.09. The fraction of sp³-hybridized carbons (Fsp3) is 0.600. The van der Waals surface area contributed by atoms with E-state index in [4.69, 9.17) is 19.4 Å². The van der Waals surface area contributed by atoms with Crippen molar-refractivity contribution in [1.82, 2.24) is 9.80 Å². The Morgan fingerprint density at radius 2 is 1.83 bits per heavy atom. The molecule has 0 bridgehead atoms. The van der Waals surface area contributed by atoms with Gasteiger partial charge in [0.1, 0.15) is 5.75 Å². The molecule has 2 saturated heterocycles. The third-order valence-electron chi connectivity index (χ3n) is 5.38. The third-order valence-corrected chi connectivity index (χ3v) is 5.38. The highest BCUT2D eigenvalue weighted by Gasteiger charge is 2.49. The van der Waals surface area contributed by atoms with E-state index in [0.717, 1.165) is 56.2 Å². The van der Waals surface area contributed by atoms with Gasteiger partial charge >= 0.3 is 12.1 Å². The number of ether oxygens (including phenoxy) is 2. The van der Waals surface area contributed by atoms with Crippen molar-refractivity contribution in [3.63, 3.8) is 0 Å². The van der Waals surface area contributed by atoms with Crippen molar-refractivity contribution in [2.45, 2.75) is 19.5 Å². The number of nitrogens with zero attached hydrogens (tertiary/aromatic N) is 2. The molecule has 2 fully saturated rings. The van der Waals surface area contributed by atoms with Crippen LogP contribution in [0.2, 0.25) is 0 Å². The van der Waals surface area contributed by atoms with Gasteiger partial charge in [-0.3, -0.25) is 4.79 Å². The van der Waals surface area contributed by atoms with Crippen molar-refractivity contribution in [2.24, 2.45) is 5.41 Å². The summed E-state index contributed by atoms with van der Waals surface area (Å²) < 4.78 is 42.1. The second-order valence-corrected chi connectivity index (χ2v) is 7.66. The van der Waals surface area contributed by atoms with Gasteiger partial charge in [0.05, 0.1) is 13.7 Å². The second kappa shape index (κ2) is 9.65. The maximum absolute atomic E-state index is 12.7. The second-order valence-electron chi connectivity index (χ2n) is 7.66. The molecule has 0 aromatic heterocycles. The van der Waals surface area contributed by atoms with Crippen LogP contribution >= 0.6 is 0 Å². The molecule has 1 spiro atoms. The largest absolute Gasteiger partial charge is 0.497 e. The van der Waals surface area contributed by atoms with E-state index in [1.165, 1.54) is 6.42 Å². The van der Waals surface area contributed by atoms with Crippen LogP contribution in [0.1, 0.15) is 22.3 Å². The van der Waals surface area contributed by atoms with E-state index in [1.807, 2.05) is 30.0 Å². The van der Waals surface area contributed by atoms with Crippen molar-refractivity contribution in [3.05, 3.63) is 29.3 Å². The zero-order chi connectivity index (χ0) is 22.5. The molecule has 0 aliphatic carbocycles. The van der Waals surface area contributed by atoms with Crippen molar-refractivity contribution < 1.29 is 37.3 Å². The van der Waals surface area contributed by atoms with Crippen molar-refractivity contribution in [3.8, 4) is 5.75 Å². The minimum atomic E-state index is -5.08. The molecule has 10 heteroatoms. The molecule has 0 unspecified atom stereocenters. The van der Waals surface area contributed by atoms with Gasteiger partial charge in [-0.2, -0.15) is 13.2 Å². The number of methoxy groups -OCH3 is 2. The first-order chi connectivity index (χ1) is 14.0. The maximum atomic E-state index is 12.7. The molecule has 3 rings (SSSR count). The van der Waals surface area contributed by atoms with E-state index in [-0.39, 0.29) is 5.91 Å². The van der Waals surface area contributed by atoms with E-state index in [2.05, 4.69) is 4.90 Å².